The maximum Gasteiger partial charge on any atom is 0.387 e. The van der Waals surface area contributed by atoms with Crippen LogP contribution in [-0.2, 0) is 9.59 Å². The normalized spacial score (nSPS) is 10.5. The Morgan fingerprint density at radius 1 is 1.29 bits per heavy atom. The lowest BCUT2D eigenvalue weighted by atomic mass is 10.1. The molecule has 0 aliphatic heterocycles. The molecule has 0 aliphatic rings. The molecule has 5 nitrogen and oxygen atoms in total. The summed E-state index contributed by atoms with van der Waals surface area (Å²) in [6.45, 7) is -1.31. The molecule has 1 rings (SSSR count). The monoisotopic (exact) mass is 301 g/mol. The van der Waals surface area contributed by atoms with E-state index in [1.54, 1.807) is 19.1 Å². The van der Waals surface area contributed by atoms with Crippen molar-refractivity contribution in [2.24, 2.45) is 0 Å². The van der Waals surface area contributed by atoms with Crippen LogP contribution in [0.4, 0.5) is 14.5 Å². The van der Waals surface area contributed by atoms with E-state index in [4.69, 9.17) is 5.11 Å². The maximum atomic E-state index is 12.3. The Bertz CT molecular complexity index is 506. The quantitative estimate of drug-likeness (QED) is 0.723. The fourth-order valence-electron chi connectivity index (χ4n) is 1.76. The van der Waals surface area contributed by atoms with Gasteiger partial charge in [-0.2, -0.15) is 8.78 Å². The number of ether oxygens (including phenoxy) is 1. The van der Waals surface area contributed by atoms with Gasteiger partial charge in [0.1, 0.15) is 5.75 Å². The topological polar surface area (TPSA) is 75.6 Å². The number of benzene rings is 1. The van der Waals surface area contributed by atoms with Crippen LogP contribution in [0.15, 0.2) is 18.2 Å². The van der Waals surface area contributed by atoms with Crippen LogP contribution in [0.5, 0.6) is 5.75 Å². The highest BCUT2D eigenvalue weighted by atomic mass is 19.3. The Morgan fingerprint density at radius 3 is 2.57 bits per heavy atom. The van der Waals surface area contributed by atoms with Crippen LogP contribution < -0.4 is 10.1 Å². The summed E-state index contributed by atoms with van der Waals surface area (Å²) in [6.07, 6.45) is 0.916. The van der Waals surface area contributed by atoms with E-state index in [0.717, 1.165) is 0 Å². The number of aryl methyl sites for hydroxylation is 1. The number of halogens is 2. The summed E-state index contributed by atoms with van der Waals surface area (Å²) in [7, 11) is 0. The van der Waals surface area contributed by atoms with Crippen LogP contribution in [0.3, 0.4) is 0 Å². The van der Waals surface area contributed by atoms with Crippen molar-refractivity contribution >= 4 is 17.6 Å². The minimum absolute atomic E-state index is 0.00259. The summed E-state index contributed by atoms with van der Waals surface area (Å²) in [4.78, 5) is 22.1. The van der Waals surface area contributed by atoms with Gasteiger partial charge in [-0.15, -0.1) is 0 Å². The Labute approximate surface area is 120 Å². The van der Waals surface area contributed by atoms with Crippen LogP contribution >= 0.6 is 0 Å². The number of carbonyl (C=O) groups excluding carboxylic acids is 1. The lowest BCUT2D eigenvalue weighted by Gasteiger charge is -2.14. The molecule has 0 saturated carbocycles. The molecule has 0 unspecified atom stereocenters. The van der Waals surface area contributed by atoms with Crippen molar-refractivity contribution < 1.29 is 28.2 Å². The molecule has 0 aromatic heterocycles. The van der Waals surface area contributed by atoms with Gasteiger partial charge in [-0.25, -0.2) is 0 Å². The van der Waals surface area contributed by atoms with Crippen molar-refractivity contribution in [3.63, 3.8) is 0 Å². The third kappa shape index (κ3) is 6.20. The van der Waals surface area contributed by atoms with Gasteiger partial charge in [0.2, 0.25) is 5.91 Å². The first-order valence-corrected chi connectivity index (χ1v) is 6.46. The van der Waals surface area contributed by atoms with Crippen molar-refractivity contribution in [3.05, 3.63) is 23.8 Å². The number of rotatable bonds is 8. The predicted octanol–water partition coefficient (Wildman–Crippen LogP) is 3.18. The molecule has 0 heterocycles. The number of amides is 1. The number of para-hydroxylation sites is 1. The molecule has 116 valence electrons. The van der Waals surface area contributed by atoms with Gasteiger partial charge in [-0.05, 0) is 31.4 Å². The summed E-state index contributed by atoms with van der Waals surface area (Å²) >= 11 is 0. The number of anilines is 1. The predicted molar refractivity (Wildman–Crippen MR) is 72.5 cm³/mol. The molecule has 0 fully saturated rings. The number of unbranched alkanes of at least 4 members (excludes halogenated alkanes) is 1. The average molecular weight is 301 g/mol. The smallest absolute Gasteiger partial charge is 0.387 e. The first kappa shape index (κ1) is 16.9. The van der Waals surface area contributed by atoms with Crippen molar-refractivity contribution in [1.29, 1.82) is 0 Å². The van der Waals surface area contributed by atoms with E-state index in [2.05, 4.69) is 10.1 Å². The molecule has 21 heavy (non-hydrogen) atoms. The highest BCUT2D eigenvalue weighted by Gasteiger charge is 2.14. The zero-order valence-corrected chi connectivity index (χ0v) is 11.6. The highest BCUT2D eigenvalue weighted by Crippen LogP contribution is 2.29. The first-order valence-electron chi connectivity index (χ1n) is 6.46. The van der Waals surface area contributed by atoms with E-state index in [1.807, 2.05) is 0 Å². The Kier molecular flexibility index (Phi) is 6.58. The Balaban J connectivity index is 2.60. The van der Waals surface area contributed by atoms with Crippen LogP contribution in [0, 0.1) is 6.92 Å². The third-order valence-electron chi connectivity index (χ3n) is 2.76. The van der Waals surface area contributed by atoms with Gasteiger partial charge in [-0.3, -0.25) is 9.59 Å². The first-order chi connectivity index (χ1) is 9.90. The lowest BCUT2D eigenvalue weighted by Crippen LogP contribution is -2.14. The van der Waals surface area contributed by atoms with E-state index >= 15 is 0 Å². The van der Waals surface area contributed by atoms with Gasteiger partial charge >= 0.3 is 12.6 Å². The van der Waals surface area contributed by atoms with E-state index in [-0.39, 0.29) is 30.2 Å². The molecule has 0 bridgehead atoms. The molecule has 0 radical (unpaired) electrons. The molecule has 0 atom stereocenters. The molecular formula is C14H17F2NO4. The number of hydrogen-bond donors (Lipinski definition) is 2. The largest absolute Gasteiger partial charge is 0.481 e. The van der Waals surface area contributed by atoms with Gasteiger partial charge < -0.3 is 15.2 Å². The molecule has 1 aromatic rings. The third-order valence-corrected chi connectivity index (χ3v) is 2.76. The lowest BCUT2D eigenvalue weighted by molar-refractivity contribution is -0.137. The minimum atomic E-state index is -2.97. The summed E-state index contributed by atoms with van der Waals surface area (Å²) in [6, 6.07) is 4.56. The number of carboxylic acid groups (broad SMARTS) is 1. The molecule has 1 aromatic carbocycles. The molecule has 0 saturated heterocycles. The number of hydrogen-bond acceptors (Lipinski definition) is 3. The summed E-state index contributed by atoms with van der Waals surface area (Å²) in [5, 5.41) is 11.0. The summed E-state index contributed by atoms with van der Waals surface area (Å²) < 4.78 is 29.0. The molecule has 1 amide bonds. The van der Waals surface area contributed by atoms with Crippen molar-refractivity contribution in [1.82, 2.24) is 0 Å². The summed E-state index contributed by atoms with van der Waals surface area (Å²) in [5.41, 5.74) is 0.813. The number of alkyl halides is 2. The SMILES string of the molecule is Cc1cccc(OC(F)F)c1NC(=O)CCCCC(=O)O. The van der Waals surface area contributed by atoms with Gasteiger partial charge in [0, 0.05) is 12.8 Å². The Hall–Kier alpha value is -2.18. The molecule has 0 aliphatic carbocycles. The fourth-order valence-corrected chi connectivity index (χ4v) is 1.76. The van der Waals surface area contributed by atoms with E-state index in [1.165, 1.54) is 6.07 Å². The zero-order valence-electron chi connectivity index (χ0n) is 11.6. The second-order valence-electron chi connectivity index (χ2n) is 4.48. The standard InChI is InChI=1S/C14H17F2NO4/c1-9-5-4-6-10(21-14(15)16)13(9)17-11(18)7-2-3-8-12(19)20/h4-6,14H,2-3,7-8H2,1H3,(H,17,18)(H,19,20). The van der Waals surface area contributed by atoms with Crippen molar-refractivity contribution in [2.75, 3.05) is 5.32 Å². The van der Waals surface area contributed by atoms with Gasteiger partial charge in [-0.1, -0.05) is 12.1 Å². The van der Waals surface area contributed by atoms with Crippen LogP contribution in [0.25, 0.3) is 0 Å². The number of carbonyl (C=O) groups is 2. The van der Waals surface area contributed by atoms with Gasteiger partial charge in [0.25, 0.3) is 0 Å². The highest BCUT2D eigenvalue weighted by molar-refractivity contribution is 5.93. The van der Waals surface area contributed by atoms with E-state index in [9.17, 15) is 18.4 Å². The molecular weight excluding hydrogens is 284 g/mol. The van der Waals surface area contributed by atoms with Crippen LogP contribution in [0.1, 0.15) is 31.2 Å². The second kappa shape index (κ2) is 8.18. The average Bonchev–Trinajstić information content (AvgIpc) is 2.38. The number of aliphatic carboxylic acids is 1. The van der Waals surface area contributed by atoms with E-state index in [0.29, 0.717) is 18.4 Å². The van der Waals surface area contributed by atoms with E-state index < -0.39 is 12.6 Å². The van der Waals surface area contributed by atoms with Gasteiger partial charge in [0.05, 0.1) is 5.69 Å². The van der Waals surface area contributed by atoms with Crippen LogP contribution in [-0.4, -0.2) is 23.6 Å². The number of nitrogens with one attached hydrogen (secondary N) is 1. The molecule has 7 heteroatoms. The zero-order chi connectivity index (χ0) is 15.8. The summed E-state index contributed by atoms with van der Waals surface area (Å²) in [5.74, 6) is -1.38. The van der Waals surface area contributed by atoms with Crippen molar-refractivity contribution in [3.8, 4) is 5.75 Å². The van der Waals surface area contributed by atoms with Crippen molar-refractivity contribution in [2.45, 2.75) is 39.2 Å². The molecule has 2 N–H and O–H groups in total. The Morgan fingerprint density at radius 2 is 1.95 bits per heavy atom. The van der Waals surface area contributed by atoms with Gasteiger partial charge in [0.15, 0.2) is 0 Å². The second-order valence-corrected chi connectivity index (χ2v) is 4.48. The minimum Gasteiger partial charge on any atom is -0.481 e. The molecule has 0 spiro atoms. The number of carboxylic acids is 1. The van der Waals surface area contributed by atoms with Crippen LogP contribution in [0.2, 0.25) is 0 Å². The maximum absolute atomic E-state index is 12.3. The fraction of sp³-hybridized carbons (Fsp3) is 0.429.